The van der Waals surface area contributed by atoms with Crippen LogP contribution in [0.4, 0.5) is 5.69 Å². The van der Waals surface area contributed by atoms with Gasteiger partial charge in [0.15, 0.2) is 5.75 Å². The Hall–Kier alpha value is -1.90. The molecule has 134 valence electrons. The van der Waals surface area contributed by atoms with Gasteiger partial charge in [0.25, 0.3) is 0 Å². The second kappa shape index (κ2) is 7.33. The van der Waals surface area contributed by atoms with Gasteiger partial charge in [-0.05, 0) is 11.6 Å². The third kappa shape index (κ3) is 3.61. The van der Waals surface area contributed by atoms with E-state index >= 15 is 0 Å². The molecule has 0 aromatic heterocycles. The van der Waals surface area contributed by atoms with E-state index in [4.69, 9.17) is 4.74 Å². The van der Waals surface area contributed by atoms with E-state index in [1.807, 2.05) is 13.8 Å². The number of hydrogen-bond acceptors (Lipinski definition) is 7. The molecule has 0 bridgehead atoms. The quantitative estimate of drug-likeness (QED) is 0.529. The van der Waals surface area contributed by atoms with E-state index in [2.05, 4.69) is 10.2 Å². The molecule has 1 aliphatic heterocycles. The van der Waals surface area contributed by atoms with E-state index in [1.165, 1.54) is 13.2 Å². The lowest BCUT2D eigenvalue weighted by atomic mass is 9.79. The molecule has 8 nitrogen and oxygen atoms in total. The number of ether oxygens (including phenoxy) is 1. The predicted molar refractivity (Wildman–Crippen MR) is 89.4 cm³/mol. The number of phenolic OH excluding ortho intramolecular Hbond substituents is 1. The molecule has 0 unspecified atom stereocenters. The summed E-state index contributed by atoms with van der Waals surface area (Å²) in [4.78, 5) is 12.9. The number of benzene rings is 1. The van der Waals surface area contributed by atoms with Crippen LogP contribution in [0, 0.1) is 15.5 Å². The summed E-state index contributed by atoms with van der Waals surface area (Å²) in [5.74, 6) is -0.416. The molecular formula is C16H25N3O5. The van der Waals surface area contributed by atoms with Gasteiger partial charge < -0.3 is 20.3 Å². The topological polar surface area (TPSA) is 108 Å². The van der Waals surface area contributed by atoms with Gasteiger partial charge in [-0.1, -0.05) is 13.8 Å². The number of nitrogens with zero attached hydrogens (tertiary/aromatic N) is 2. The minimum absolute atomic E-state index is 0.0630. The number of aliphatic hydroxyl groups is 1. The Morgan fingerprint density at radius 1 is 1.42 bits per heavy atom. The summed E-state index contributed by atoms with van der Waals surface area (Å²) in [5, 5.41) is 34.4. The molecule has 0 amide bonds. The van der Waals surface area contributed by atoms with Gasteiger partial charge in [-0.2, -0.15) is 0 Å². The van der Waals surface area contributed by atoms with Gasteiger partial charge >= 0.3 is 5.69 Å². The van der Waals surface area contributed by atoms with Crippen LogP contribution in [0.15, 0.2) is 12.1 Å². The first-order valence-corrected chi connectivity index (χ1v) is 7.92. The third-order valence-corrected chi connectivity index (χ3v) is 4.47. The number of nitro benzene ring substituents is 1. The molecular weight excluding hydrogens is 314 g/mol. The molecule has 24 heavy (non-hydrogen) atoms. The molecule has 0 spiro atoms. The maximum absolute atomic E-state index is 11.3. The van der Waals surface area contributed by atoms with Crippen LogP contribution < -0.4 is 10.1 Å². The van der Waals surface area contributed by atoms with Crippen molar-refractivity contribution in [2.75, 3.05) is 39.9 Å². The van der Waals surface area contributed by atoms with Crippen molar-refractivity contribution >= 4 is 5.69 Å². The van der Waals surface area contributed by atoms with E-state index in [0.717, 1.165) is 26.2 Å². The average molecular weight is 339 g/mol. The van der Waals surface area contributed by atoms with E-state index in [0.29, 0.717) is 5.56 Å². The lowest BCUT2D eigenvalue weighted by molar-refractivity contribution is -0.386. The highest BCUT2D eigenvalue weighted by Gasteiger charge is 2.37. The number of piperazine rings is 1. The number of aromatic hydroxyl groups is 1. The molecule has 0 saturated carbocycles. The summed E-state index contributed by atoms with van der Waals surface area (Å²) in [7, 11) is 1.36. The lowest BCUT2D eigenvalue weighted by Gasteiger charge is -2.43. The molecule has 1 aromatic rings. The highest BCUT2D eigenvalue weighted by atomic mass is 16.6. The van der Waals surface area contributed by atoms with Crippen LogP contribution in [0.5, 0.6) is 11.5 Å². The number of rotatable bonds is 6. The largest absolute Gasteiger partial charge is 0.500 e. The van der Waals surface area contributed by atoms with Crippen molar-refractivity contribution in [3.05, 3.63) is 27.8 Å². The molecule has 1 aliphatic rings. The first-order valence-electron chi connectivity index (χ1n) is 7.92. The van der Waals surface area contributed by atoms with Crippen molar-refractivity contribution in [2.45, 2.75) is 19.9 Å². The molecule has 8 heteroatoms. The van der Waals surface area contributed by atoms with Gasteiger partial charge in [0.1, 0.15) is 0 Å². The minimum Gasteiger partial charge on any atom is -0.500 e. The van der Waals surface area contributed by atoms with Crippen molar-refractivity contribution in [3.8, 4) is 11.5 Å². The molecule has 1 fully saturated rings. The van der Waals surface area contributed by atoms with Gasteiger partial charge in [-0.25, -0.2) is 0 Å². The molecule has 1 aromatic carbocycles. The van der Waals surface area contributed by atoms with Crippen molar-refractivity contribution in [3.63, 3.8) is 0 Å². The zero-order valence-electron chi connectivity index (χ0n) is 14.3. The van der Waals surface area contributed by atoms with E-state index < -0.39 is 21.8 Å². The normalized spacial score (nSPS) is 17.5. The Morgan fingerprint density at radius 2 is 2.04 bits per heavy atom. The molecule has 0 radical (unpaired) electrons. The summed E-state index contributed by atoms with van der Waals surface area (Å²) in [6.07, 6.45) is 0. The van der Waals surface area contributed by atoms with Gasteiger partial charge in [0, 0.05) is 50.3 Å². The Kier molecular flexibility index (Phi) is 5.63. The minimum atomic E-state index is -0.623. The van der Waals surface area contributed by atoms with E-state index in [9.17, 15) is 20.3 Å². The van der Waals surface area contributed by atoms with Gasteiger partial charge in [-0.3, -0.25) is 15.0 Å². The second-order valence-corrected chi connectivity index (χ2v) is 6.68. The molecule has 1 heterocycles. The van der Waals surface area contributed by atoms with Crippen LogP contribution in [-0.4, -0.2) is 59.9 Å². The molecule has 3 N–H and O–H groups in total. The zero-order chi connectivity index (χ0) is 17.9. The van der Waals surface area contributed by atoms with Gasteiger partial charge in [-0.15, -0.1) is 0 Å². The number of aliphatic hydroxyl groups excluding tert-OH is 1. The first kappa shape index (κ1) is 18.4. The van der Waals surface area contributed by atoms with E-state index in [1.54, 1.807) is 6.07 Å². The van der Waals surface area contributed by atoms with Crippen LogP contribution in [0.2, 0.25) is 0 Å². The van der Waals surface area contributed by atoms with Crippen molar-refractivity contribution < 1.29 is 19.9 Å². The molecule has 1 atom stereocenters. The first-order chi connectivity index (χ1) is 11.3. The van der Waals surface area contributed by atoms with E-state index in [-0.39, 0.29) is 18.4 Å². The molecule has 0 aliphatic carbocycles. The van der Waals surface area contributed by atoms with Gasteiger partial charge in [0.2, 0.25) is 5.75 Å². The maximum atomic E-state index is 11.3. The van der Waals surface area contributed by atoms with Crippen molar-refractivity contribution in [1.82, 2.24) is 10.2 Å². The SMILES string of the molecule is COc1cc([C@@H](N2CCNCC2)C(C)(C)CO)cc([N+](=O)[O-])c1O. The Morgan fingerprint density at radius 3 is 2.54 bits per heavy atom. The van der Waals surface area contributed by atoms with Crippen LogP contribution in [0.1, 0.15) is 25.5 Å². The Balaban J connectivity index is 2.56. The van der Waals surface area contributed by atoms with Crippen LogP contribution in [-0.2, 0) is 0 Å². The standard InChI is InChI=1S/C16H25N3O5/c1-16(2,10-20)15(18-6-4-17-5-7-18)11-8-12(19(22)23)14(21)13(9-11)24-3/h8-9,15,17,20-21H,4-7,10H2,1-3H3/t15-/m1/s1. The summed E-state index contributed by atoms with van der Waals surface area (Å²) < 4.78 is 5.11. The Bertz CT molecular complexity index is 600. The van der Waals surface area contributed by atoms with Crippen molar-refractivity contribution in [1.29, 1.82) is 0 Å². The van der Waals surface area contributed by atoms with Crippen molar-refractivity contribution in [2.24, 2.45) is 5.41 Å². The fourth-order valence-corrected chi connectivity index (χ4v) is 3.25. The zero-order valence-corrected chi connectivity index (χ0v) is 14.3. The highest BCUT2D eigenvalue weighted by Crippen LogP contribution is 2.44. The second-order valence-electron chi connectivity index (χ2n) is 6.68. The van der Waals surface area contributed by atoms with Crippen LogP contribution in [0.3, 0.4) is 0 Å². The molecule has 2 rings (SSSR count). The summed E-state index contributed by atoms with van der Waals surface area (Å²) in [6.45, 7) is 6.94. The summed E-state index contributed by atoms with van der Waals surface area (Å²) >= 11 is 0. The summed E-state index contributed by atoms with van der Waals surface area (Å²) in [5.41, 5.74) is -0.261. The highest BCUT2D eigenvalue weighted by molar-refractivity contribution is 5.57. The number of phenols is 1. The lowest BCUT2D eigenvalue weighted by Crippen LogP contribution is -2.49. The Labute approximate surface area is 141 Å². The fourth-order valence-electron chi connectivity index (χ4n) is 3.25. The molecule has 1 saturated heterocycles. The van der Waals surface area contributed by atoms with Gasteiger partial charge in [0.05, 0.1) is 12.0 Å². The van der Waals surface area contributed by atoms with Crippen LogP contribution >= 0.6 is 0 Å². The number of nitrogens with one attached hydrogen (secondary N) is 1. The smallest absolute Gasteiger partial charge is 0.314 e. The average Bonchev–Trinajstić information content (AvgIpc) is 2.56. The van der Waals surface area contributed by atoms with Crippen LogP contribution in [0.25, 0.3) is 0 Å². The number of methoxy groups -OCH3 is 1. The summed E-state index contributed by atoms with van der Waals surface area (Å²) in [6, 6.07) is 2.76. The monoisotopic (exact) mass is 339 g/mol. The maximum Gasteiger partial charge on any atom is 0.314 e. The predicted octanol–water partition coefficient (Wildman–Crippen LogP) is 1.27. The number of hydrogen-bond donors (Lipinski definition) is 3. The number of nitro groups is 1. The fraction of sp³-hybridized carbons (Fsp3) is 0.625. The third-order valence-electron chi connectivity index (χ3n) is 4.47.